The number of carbonyl (C=O) groups excluding carboxylic acids is 2. The molecule has 0 heterocycles. The number of ether oxygens (including phenoxy) is 2. The van der Waals surface area contributed by atoms with Gasteiger partial charge in [0.05, 0.1) is 25.7 Å². The highest BCUT2D eigenvalue weighted by Crippen LogP contribution is 2.35. The number of benzene rings is 2. The highest BCUT2D eigenvalue weighted by atomic mass is 19.2. The number of halogens is 3. The third kappa shape index (κ3) is 4.32. The molecule has 2 aromatic carbocycles. The predicted octanol–water partition coefficient (Wildman–Crippen LogP) is 3.74. The molecule has 1 amide bonds. The molecule has 0 spiro atoms. The summed E-state index contributed by atoms with van der Waals surface area (Å²) in [4.78, 5) is 24.7. The quantitative estimate of drug-likeness (QED) is 0.440. The lowest BCUT2D eigenvalue weighted by atomic mass is 9.85. The highest BCUT2D eigenvalue weighted by molar-refractivity contribution is 5.94. The number of hydrogen-bond donors (Lipinski definition) is 1. The van der Waals surface area contributed by atoms with Crippen LogP contribution in [-0.2, 0) is 9.53 Å². The van der Waals surface area contributed by atoms with E-state index in [-0.39, 0.29) is 5.92 Å². The molecule has 2 aromatic rings. The average molecular weight is 419 g/mol. The van der Waals surface area contributed by atoms with E-state index in [1.165, 1.54) is 14.2 Å². The van der Waals surface area contributed by atoms with Crippen LogP contribution in [0.25, 0.3) is 0 Å². The molecule has 0 saturated carbocycles. The summed E-state index contributed by atoms with van der Waals surface area (Å²) >= 11 is 0. The molecular formula is C22H20F3NO4. The van der Waals surface area contributed by atoms with Crippen LogP contribution in [0, 0.1) is 23.4 Å². The van der Waals surface area contributed by atoms with Crippen molar-refractivity contribution >= 4 is 11.9 Å². The number of esters is 1. The minimum absolute atomic E-state index is 0.286. The van der Waals surface area contributed by atoms with Gasteiger partial charge in [0, 0.05) is 6.04 Å². The first kappa shape index (κ1) is 21.4. The van der Waals surface area contributed by atoms with E-state index in [9.17, 15) is 22.8 Å². The molecule has 0 radical (unpaired) electrons. The molecule has 8 heteroatoms. The van der Waals surface area contributed by atoms with Gasteiger partial charge in [0.2, 0.25) is 0 Å². The van der Waals surface area contributed by atoms with Gasteiger partial charge in [0.25, 0.3) is 5.91 Å². The van der Waals surface area contributed by atoms with Crippen LogP contribution in [0.1, 0.15) is 28.3 Å². The number of carbonyl (C=O) groups is 2. The fourth-order valence-electron chi connectivity index (χ4n) is 3.53. The molecule has 0 saturated heterocycles. The highest BCUT2D eigenvalue weighted by Gasteiger charge is 2.34. The number of methoxy groups -OCH3 is 2. The molecule has 0 bridgehead atoms. The van der Waals surface area contributed by atoms with Crippen molar-refractivity contribution < 1.29 is 32.2 Å². The third-order valence-corrected chi connectivity index (χ3v) is 5.07. The van der Waals surface area contributed by atoms with Crippen molar-refractivity contribution in [1.29, 1.82) is 0 Å². The predicted molar refractivity (Wildman–Crippen MR) is 103 cm³/mol. The maximum atomic E-state index is 13.9. The summed E-state index contributed by atoms with van der Waals surface area (Å²) in [7, 11) is 2.83. The zero-order valence-electron chi connectivity index (χ0n) is 16.3. The largest absolute Gasteiger partial charge is 0.497 e. The van der Waals surface area contributed by atoms with Gasteiger partial charge in [-0.25, -0.2) is 13.2 Å². The Bertz CT molecular complexity index is 975. The van der Waals surface area contributed by atoms with Crippen LogP contribution >= 0.6 is 0 Å². The molecule has 1 N–H and O–H groups in total. The standard InChI is InChI=1S/C22H20F3NO4/c1-29-15-7-4-12(5-8-15)18(22(28)30-2)13-3-6-14(11-13)26-21(27)16-9-10-17(23)20(25)19(16)24/h3-10,13-14,18H,11H2,1-2H3,(H,26,27)/t13-,14+,18-/m1/s1. The first-order chi connectivity index (χ1) is 14.3. The SMILES string of the molecule is COC(=O)[C@H](c1ccc(OC)cc1)[C@@H]1C=C[C@H](NC(=O)c2ccc(F)c(F)c2F)C1. The Labute approximate surface area is 171 Å². The Kier molecular flexibility index (Phi) is 6.44. The summed E-state index contributed by atoms with van der Waals surface area (Å²) < 4.78 is 50.4. The monoisotopic (exact) mass is 419 g/mol. The summed E-state index contributed by atoms with van der Waals surface area (Å²) in [5.41, 5.74) is 0.126. The van der Waals surface area contributed by atoms with Crippen molar-refractivity contribution in [2.45, 2.75) is 18.4 Å². The van der Waals surface area contributed by atoms with Gasteiger partial charge in [0.15, 0.2) is 17.5 Å². The summed E-state index contributed by atoms with van der Waals surface area (Å²) in [6.07, 6.45) is 3.81. The van der Waals surface area contributed by atoms with Crippen molar-refractivity contribution in [2.24, 2.45) is 5.92 Å². The molecule has 0 aliphatic heterocycles. The first-order valence-electron chi connectivity index (χ1n) is 9.20. The molecule has 5 nitrogen and oxygen atoms in total. The molecule has 1 aliphatic rings. The molecule has 1 aliphatic carbocycles. The van der Waals surface area contributed by atoms with Crippen LogP contribution in [0.15, 0.2) is 48.6 Å². The minimum Gasteiger partial charge on any atom is -0.497 e. The van der Waals surface area contributed by atoms with Gasteiger partial charge in [-0.2, -0.15) is 0 Å². The molecule has 0 aromatic heterocycles. The number of amides is 1. The van der Waals surface area contributed by atoms with Crippen molar-refractivity contribution in [2.75, 3.05) is 14.2 Å². The van der Waals surface area contributed by atoms with Gasteiger partial charge >= 0.3 is 5.97 Å². The maximum Gasteiger partial charge on any atom is 0.313 e. The molecule has 30 heavy (non-hydrogen) atoms. The van der Waals surface area contributed by atoms with Gasteiger partial charge in [-0.05, 0) is 42.2 Å². The second-order valence-corrected chi connectivity index (χ2v) is 6.86. The van der Waals surface area contributed by atoms with Crippen LogP contribution in [0.4, 0.5) is 13.2 Å². The van der Waals surface area contributed by atoms with E-state index in [0.29, 0.717) is 18.2 Å². The van der Waals surface area contributed by atoms with Gasteiger partial charge in [-0.1, -0.05) is 24.3 Å². The number of rotatable bonds is 6. The lowest BCUT2D eigenvalue weighted by molar-refractivity contribution is -0.143. The van der Waals surface area contributed by atoms with Crippen LogP contribution in [0.2, 0.25) is 0 Å². The molecule has 0 unspecified atom stereocenters. The second kappa shape index (κ2) is 9.02. The van der Waals surface area contributed by atoms with E-state index in [0.717, 1.165) is 11.6 Å². The van der Waals surface area contributed by atoms with E-state index in [1.807, 2.05) is 0 Å². The van der Waals surface area contributed by atoms with Gasteiger partial charge in [-0.15, -0.1) is 0 Å². The zero-order valence-corrected chi connectivity index (χ0v) is 16.3. The summed E-state index contributed by atoms with van der Waals surface area (Å²) in [5, 5.41) is 2.57. The molecular weight excluding hydrogens is 399 g/mol. The lowest BCUT2D eigenvalue weighted by Crippen LogP contribution is -2.34. The Hall–Kier alpha value is -3.29. The van der Waals surface area contributed by atoms with E-state index in [4.69, 9.17) is 9.47 Å². The Balaban J connectivity index is 1.73. The summed E-state index contributed by atoms with van der Waals surface area (Å²) in [5.74, 6) is -6.18. The topological polar surface area (TPSA) is 64.6 Å². The number of hydrogen-bond acceptors (Lipinski definition) is 4. The van der Waals surface area contributed by atoms with Crippen molar-refractivity contribution in [3.05, 3.63) is 77.1 Å². The Morgan fingerprint density at radius 1 is 1.00 bits per heavy atom. The number of nitrogens with one attached hydrogen (secondary N) is 1. The molecule has 3 rings (SSSR count). The van der Waals surface area contributed by atoms with Crippen LogP contribution in [0.3, 0.4) is 0 Å². The van der Waals surface area contributed by atoms with Crippen molar-refractivity contribution in [3.8, 4) is 5.75 Å². The van der Waals surface area contributed by atoms with Crippen molar-refractivity contribution in [1.82, 2.24) is 5.32 Å². The lowest BCUT2D eigenvalue weighted by Gasteiger charge is -2.22. The van der Waals surface area contributed by atoms with Crippen LogP contribution in [0.5, 0.6) is 5.75 Å². The van der Waals surface area contributed by atoms with Crippen molar-refractivity contribution in [3.63, 3.8) is 0 Å². The molecule has 0 fully saturated rings. The maximum absolute atomic E-state index is 13.9. The normalized spacial score (nSPS) is 18.7. The smallest absolute Gasteiger partial charge is 0.313 e. The van der Waals surface area contributed by atoms with Gasteiger partial charge < -0.3 is 14.8 Å². The zero-order chi connectivity index (χ0) is 21.8. The number of allylic oxidation sites excluding steroid dienone is 1. The molecule has 158 valence electrons. The first-order valence-corrected chi connectivity index (χ1v) is 9.20. The Morgan fingerprint density at radius 2 is 1.70 bits per heavy atom. The van der Waals surface area contributed by atoms with E-state index in [2.05, 4.69) is 5.32 Å². The fraction of sp³-hybridized carbons (Fsp3) is 0.273. The van der Waals surface area contributed by atoms with E-state index < -0.39 is 46.9 Å². The van der Waals surface area contributed by atoms with Crippen LogP contribution < -0.4 is 10.1 Å². The second-order valence-electron chi connectivity index (χ2n) is 6.86. The molecule has 3 atom stereocenters. The van der Waals surface area contributed by atoms with Gasteiger partial charge in [0.1, 0.15) is 5.75 Å². The van der Waals surface area contributed by atoms with E-state index >= 15 is 0 Å². The minimum atomic E-state index is -1.70. The van der Waals surface area contributed by atoms with Crippen LogP contribution in [-0.4, -0.2) is 32.1 Å². The third-order valence-electron chi connectivity index (χ3n) is 5.07. The Morgan fingerprint density at radius 3 is 2.33 bits per heavy atom. The summed E-state index contributed by atoms with van der Waals surface area (Å²) in [6, 6.07) is 8.05. The average Bonchev–Trinajstić information content (AvgIpc) is 3.20. The van der Waals surface area contributed by atoms with E-state index in [1.54, 1.807) is 36.4 Å². The summed E-state index contributed by atoms with van der Waals surface area (Å²) in [6.45, 7) is 0. The van der Waals surface area contributed by atoms with Gasteiger partial charge in [-0.3, -0.25) is 9.59 Å². The fourth-order valence-corrected chi connectivity index (χ4v) is 3.53.